The summed E-state index contributed by atoms with van der Waals surface area (Å²) < 4.78 is 5.21. The fraction of sp³-hybridized carbons (Fsp3) is 0.214. The van der Waals surface area contributed by atoms with Crippen LogP contribution in [0.15, 0.2) is 47.1 Å². The van der Waals surface area contributed by atoms with Gasteiger partial charge in [0.25, 0.3) is 0 Å². The van der Waals surface area contributed by atoms with E-state index in [4.69, 9.17) is 16.0 Å². The molecule has 2 N–H and O–H groups in total. The summed E-state index contributed by atoms with van der Waals surface area (Å²) >= 11 is 5.79. The highest BCUT2D eigenvalue weighted by molar-refractivity contribution is 6.30. The Bertz CT molecular complexity index is 523. The molecule has 0 radical (unpaired) electrons. The van der Waals surface area contributed by atoms with E-state index in [9.17, 15) is 4.79 Å². The molecule has 5 heteroatoms. The van der Waals surface area contributed by atoms with Crippen molar-refractivity contribution in [2.75, 3.05) is 0 Å². The van der Waals surface area contributed by atoms with Gasteiger partial charge in [-0.3, -0.25) is 0 Å². The Labute approximate surface area is 116 Å². The average molecular weight is 279 g/mol. The lowest BCUT2D eigenvalue weighted by Gasteiger charge is -2.12. The second-order valence-corrected chi connectivity index (χ2v) is 4.63. The largest absolute Gasteiger partial charge is 0.467 e. The Balaban J connectivity index is 1.80. The fourth-order valence-electron chi connectivity index (χ4n) is 1.64. The van der Waals surface area contributed by atoms with E-state index >= 15 is 0 Å². The zero-order valence-electron chi connectivity index (χ0n) is 10.5. The van der Waals surface area contributed by atoms with Crippen molar-refractivity contribution in [1.82, 2.24) is 10.6 Å². The SMILES string of the molecule is C[C@H](NC(=O)NCc1ccc(Cl)cc1)c1ccco1. The Morgan fingerprint density at radius 1 is 1.32 bits per heavy atom. The zero-order chi connectivity index (χ0) is 13.7. The summed E-state index contributed by atoms with van der Waals surface area (Å²) in [7, 11) is 0. The molecule has 0 spiro atoms. The standard InChI is InChI=1S/C14H15ClN2O2/c1-10(13-3-2-8-19-13)17-14(18)16-9-11-4-6-12(15)7-5-11/h2-8,10H,9H2,1H3,(H2,16,17,18)/t10-/m0/s1. The van der Waals surface area contributed by atoms with Crippen LogP contribution in [0.3, 0.4) is 0 Å². The smallest absolute Gasteiger partial charge is 0.315 e. The monoisotopic (exact) mass is 278 g/mol. The number of hydrogen-bond donors (Lipinski definition) is 2. The maximum absolute atomic E-state index is 11.7. The minimum atomic E-state index is -0.237. The number of amides is 2. The van der Waals surface area contributed by atoms with Crippen molar-refractivity contribution in [3.05, 3.63) is 59.0 Å². The van der Waals surface area contributed by atoms with Crippen molar-refractivity contribution < 1.29 is 9.21 Å². The van der Waals surface area contributed by atoms with Crippen LogP contribution in [0.1, 0.15) is 24.3 Å². The number of nitrogens with one attached hydrogen (secondary N) is 2. The molecule has 1 atom stereocenters. The third kappa shape index (κ3) is 4.03. The number of benzene rings is 1. The van der Waals surface area contributed by atoms with Gasteiger partial charge in [0.2, 0.25) is 0 Å². The molecular weight excluding hydrogens is 264 g/mol. The van der Waals surface area contributed by atoms with Crippen molar-refractivity contribution in [3.8, 4) is 0 Å². The molecule has 1 aromatic carbocycles. The number of carbonyl (C=O) groups is 1. The summed E-state index contributed by atoms with van der Waals surface area (Å²) in [5, 5.41) is 6.25. The first-order valence-corrected chi connectivity index (χ1v) is 6.35. The van der Waals surface area contributed by atoms with Crippen molar-refractivity contribution in [1.29, 1.82) is 0 Å². The number of rotatable bonds is 4. The zero-order valence-corrected chi connectivity index (χ0v) is 11.3. The van der Waals surface area contributed by atoms with Crippen LogP contribution >= 0.6 is 11.6 Å². The van der Waals surface area contributed by atoms with Gasteiger partial charge in [-0.05, 0) is 36.8 Å². The molecule has 1 aromatic heterocycles. The number of urea groups is 1. The van der Waals surface area contributed by atoms with Gasteiger partial charge in [-0.25, -0.2) is 4.79 Å². The maximum Gasteiger partial charge on any atom is 0.315 e. The predicted octanol–water partition coefficient (Wildman–Crippen LogP) is 3.49. The van der Waals surface area contributed by atoms with Crippen LogP contribution in [0.25, 0.3) is 0 Å². The lowest BCUT2D eigenvalue weighted by molar-refractivity contribution is 0.235. The summed E-state index contributed by atoms with van der Waals surface area (Å²) in [5.74, 6) is 0.724. The van der Waals surface area contributed by atoms with E-state index < -0.39 is 0 Å². The second-order valence-electron chi connectivity index (χ2n) is 4.19. The van der Waals surface area contributed by atoms with Crippen LogP contribution in [0.2, 0.25) is 5.02 Å². The highest BCUT2D eigenvalue weighted by Crippen LogP contribution is 2.12. The number of furan rings is 1. The van der Waals surface area contributed by atoms with Crippen LogP contribution in [0.5, 0.6) is 0 Å². The van der Waals surface area contributed by atoms with Gasteiger partial charge in [-0.1, -0.05) is 23.7 Å². The quantitative estimate of drug-likeness (QED) is 0.899. The van der Waals surface area contributed by atoms with Gasteiger partial charge >= 0.3 is 6.03 Å². The van der Waals surface area contributed by atoms with Crippen molar-refractivity contribution in [3.63, 3.8) is 0 Å². The Morgan fingerprint density at radius 2 is 2.05 bits per heavy atom. The van der Waals surface area contributed by atoms with E-state index in [2.05, 4.69) is 10.6 Å². The summed E-state index contributed by atoms with van der Waals surface area (Å²) in [5.41, 5.74) is 0.991. The minimum Gasteiger partial charge on any atom is -0.467 e. The number of carbonyl (C=O) groups excluding carboxylic acids is 1. The molecular formula is C14H15ClN2O2. The third-order valence-corrected chi connectivity index (χ3v) is 2.94. The molecule has 0 unspecified atom stereocenters. The van der Waals surface area contributed by atoms with Gasteiger partial charge in [-0.2, -0.15) is 0 Å². The van der Waals surface area contributed by atoms with Crippen molar-refractivity contribution in [2.45, 2.75) is 19.5 Å². The summed E-state index contributed by atoms with van der Waals surface area (Å²) in [4.78, 5) is 11.7. The van der Waals surface area contributed by atoms with Gasteiger partial charge in [0.15, 0.2) is 0 Å². The topological polar surface area (TPSA) is 54.3 Å². The van der Waals surface area contributed by atoms with E-state index in [1.165, 1.54) is 0 Å². The molecule has 4 nitrogen and oxygen atoms in total. The van der Waals surface area contributed by atoms with Crippen molar-refractivity contribution >= 4 is 17.6 Å². The van der Waals surface area contributed by atoms with E-state index in [0.717, 1.165) is 11.3 Å². The highest BCUT2D eigenvalue weighted by Gasteiger charge is 2.10. The lowest BCUT2D eigenvalue weighted by atomic mass is 10.2. The minimum absolute atomic E-state index is 0.166. The Morgan fingerprint density at radius 3 is 2.68 bits per heavy atom. The molecule has 2 aromatic rings. The third-order valence-electron chi connectivity index (χ3n) is 2.68. The molecule has 1 heterocycles. The van der Waals surface area contributed by atoms with Gasteiger partial charge in [-0.15, -0.1) is 0 Å². The first-order valence-electron chi connectivity index (χ1n) is 5.97. The number of halogens is 1. The molecule has 0 aliphatic carbocycles. The lowest BCUT2D eigenvalue weighted by Crippen LogP contribution is -2.36. The van der Waals surface area contributed by atoms with Gasteiger partial charge in [0.05, 0.1) is 12.3 Å². The molecule has 0 saturated heterocycles. The Kier molecular flexibility index (Phi) is 4.47. The molecule has 0 saturated carbocycles. The fourth-order valence-corrected chi connectivity index (χ4v) is 1.77. The molecule has 19 heavy (non-hydrogen) atoms. The number of hydrogen-bond acceptors (Lipinski definition) is 2. The highest BCUT2D eigenvalue weighted by atomic mass is 35.5. The second kappa shape index (κ2) is 6.29. The summed E-state index contributed by atoms with van der Waals surface area (Å²) in [6, 6.07) is 10.5. The van der Waals surface area contributed by atoms with E-state index in [-0.39, 0.29) is 12.1 Å². The van der Waals surface area contributed by atoms with Gasteiger partial charge < -0.3 is 15.1 Å². The van der Waals surface area contributed by atoms with Crippen LogP contribution in [0.4, 0.5) is 4.79 Å². The molecule has 100 valence electrons. The summed E-state index contributed by atoms with van der Waals surface area (Å²) in [6.45, 7) is 2.31. The molecule has 0 fully saturated rings. The van der Waals surface area contributed by atoms with E-state index in [0.29, 0.717) is 11.6 Å². The predicted molar refractivity (Wildman–Crippen MR) is 73.9 cm³/mol. The van der Waals surface area contributed by atoms with Crippen LogP contribution in [-0.2, 0) is 6.54 Å². The average Bonchev–Trinajstić information content (AvgIpc) is 2.92. The molecule has 0 bridgehead atoms. The van der Waals surface area contributed by atoms with Crippen molar-refractivity contribution in [2.24, 2.45) is 0 Å². The molecule has 2 rings (SSSR count). The molecule has 0 aliphatic rings. The van der Waals surface area contributed by atoms with Gasteiger partial charge in [0.1, 0.15) is 5.76 Å². The summed E-state index contributed by atoms with van der Waals surface area (Å²) in [6.07, 6.45) is 1.58. The van der Waals surface area contributed by atoms with Crippen LogP contribution in [0, 0.1) is 0 Å². The van der Waals surface area contributed by atoms with Gasteiger partial charge in [0, 0.05) is 11.6 Å². The molecule has 2 amide bonds. The normalized spacial score (nSPS) is 11.9. The first kappa shape index (κ1) is 13.5. The maximum atomic E-state index is 11.7. The Hall–Kier alpha value is -1.94. The molecule has 0 aliphatic heterocycles. The van der Waals surface area contributed by atoms with E-state index in [1.807, 2.05) is 25.1 Å². The van der Waals surface area contributed by atoms with Crippen LogP contribution in [-0.4, -0.2) is 6.03 Å². The first-order chi connectivity index (χ1) is 9.15. The van der Waals surface area contributed by atoms with Crippen LogP contribution < -0.4 is 10.6 Å². The van der Waals surface area contributed by atoms with E-state index in [1.54, 1.807) is 24.5 Å².